The standard InChI is InChI=1S/C57H60N10O7/c1-4-26-74-52-32-46(18-19-49(52)54-39(2)30-45(35-61-54)55-42(17-16-41-11-6-5-7-12-41)31-44(34-62-55)43-13-9-22-58-33-43)59-23-10-25-66-36-47(64-65-66)37-73-29-28-72-27-24-60-50-15-8-14-48(40(50)3)57(71)67(38-68)51-20-21-53(69)63-56(51)70/h5-9,11-19,22,30-36,38,51,59-60H,4,10,20-21,23-29,37H2,1-3H3,(H,63,69,70)/b17-16+. The second kappa shape index (κ2) is 25.8. The van der Waals surface area contributed by atoms with Crippen LogP contribution in [0.2, 0.25) is 0 Å². The van der Waals surface area contributed by atoms with Crippen LogP contribution in [0.15, 0.2) is 122 Å². The molecule has 1 fully saturated rings. The van der Waals surface area contributed by atoms with Crippen LogP contribution in [0.5, 0.6) is 5.75 Å². The van der Waals surface area contributed by atoms with Crippen LogP contribution in [0.25, 0.3) is 45.8 Å². The summed E-state index contributed by atoms with van der Waals surface area (Å²) in [6, 6.07) is 28.7. The summed E-state index contributed by atoms with van der Waals surface area (Å²) < 4.78 is 19.7. The number of piperidine rings is 1. The first-order valence-electron chi connectivity index (χ1n) is 24.8. The van der Waals surface area contributed by atoms with E-state index in [1.807, 2.05) is 71.9 Å². The number of amides is 4. The van der Waals surface area contributed by atoms with E-state index in [0.29, 0.717) is 70.3 Å². The van der Waals surface area contributed by atoms with Gasteiger partial charge < -0.3 is 24.8 Å². The molecule has 17 heteroatoms. The van der Waals surface area contributed by atoms with Crippen molar-refractivity contribution < 1.29 is 33.4 Å². The van der Waals surface area contributed by atoms with Gasteiger partial charge in [-0.05, 0) is 92.3 Å². The van der Waals surface area contributed by atoms with Crippen LogP contribution < -0.4 is 20.7 Å². The Kier molecular flexibility index (Phi) is 18.1. The van der Waals surface area contributed by atoms with Gasteiger partial charge in [0.2, 0.25) is 18.2 Å². The van der Waals surface area contributed by atoms with E-state index in [0.717, 1.165) is 85.2 Å². The van der Waals surface area contributed by atoms with Crippen LogP contribution in [0.1, 0.15) is 70.9 Å². The first kappa shape index (κ1) is 51.9. The third kappa shape index (κ3) is 13.6. The molecule has 74 heavy (non-hydrogen) atoms. The zero-order valence-corrected chi connectivity index (χ0v) is 41.8. The highest BCUT2D eigenvalue weighted by Crippen LogP contribution is 2.36. The zero-order chi connectivity index (χ0) is 51.7. The summed E-state index contributed by atoms with van der Waals surface area (Å²) in [4.78, 5) is 64.2. The maximum absolute atomic E-state index is 13.3. The molecule has 7 aromatic rings. The lowest BCUT2D eigenvalue weighted by molar-refractivity contribution is -0.139. The number of imide groups is 2. The number of benzene rings is 3. The minimum atomic E-state index is -1.04. The second-order valence-electron chi connectivity index (χ2n) is 17.7. The molecule has 0 bridgehead atoms. The van der Waals surface area contributed by atoms with Crippen molar-refractivity contribution in [3.63, 3.8) is 0 Å². The van der Waals surface area contributed by atoms with E-state index in [2.05, 4.69) is 93.6 Å². The summed E-state index contributed by atoms with van der Waals surface area (Å²) >= 11 is 0. The third-order valence-corrected chi connectivity index (χ3v) is 12.3. The lowest BCUT2D eigenvalue weighted by atomic mass is 9.98. The van der Waals surface area contributed by atoms with Gasteiger partial charge in [-0.2, -0.15) is 0 Å². The van der Waals surface area contributed by atoms with E-state index in [1.165, 1.54) is 0 Å². The molecule has 0 radical (unpaired) electrons. The van der Waals surface area contributed by atoms with Crippen molar-refractivity contribution in [1.29, 1.82) is 0 Å². The van der Waals surface area contributed by atoms with E-state index < -0.39 is 23.8 Å². The summed E-state index contributed by atoms with van der Waals surface area (Å²) in [7, 11) is 0. The Balaban J connectivity index is 0.782. The van der Waals surface area contributed by atoms with Gasteiger partial charge in [0, 0.05) is 102 Å². The molecule has 1 unspecified atom stereocenters. The van der Waals surface area contributed by atoms with Crippen molar-refractivity contribution in [3.8, 4) is 39.4 Å². The number of nitrogens with zero attached hydrogens (tertiary/aromatic N) is 7. The molecule has 380 valence electrons. The highest BCUT2D eigenvalue weighted by atomic mass is 16.5. The van der Waals surface area contributed by atoms with E-state index >= 15 is 0 Å². The van der Waals surface area contributed by atoms with Crippen LogP contribution in [0.3, 0.4) is 0 Å². The van der Waals surface area contributed by atoms with Crippen molar-refractivity contribution in [2.45, 2.75) is 65.6 Å². The van der Waals surface area contributed by atoms with Crippen LogP contribution in [0.4, 0.5) is 11.4 Å². The molecule has 4 aromatic heterocycles. The van der Waals surface area contributed by atoms with Gasteiger partial charge in [0.25, 0.3) is 5.91 Å². The first-order chi connectivity index (χ1) is 36.2. The van der Waals surface area contributed by atoms with E-state index in [1.54, 1.807) is 25.3 Å². The Hall–Kier alpha value is -8.41. The average Bonchev–Trinajstić information content (AvgIpc) is 3.88. The molecule has 0 aliphatic carbocycles. The summed E-state index contributed by atoms with van der Waals surface area (Å²) in [5.74, 6) is -0.938. The Morgan fingerprint density at radius 2 is 1.68 bits per heavy atom. The quantitative estimate of drug-likeness (QED) is 0.0279. The first-order valence-corrected chi connectivity index (χ1v) is 24.8. The van der Waals surface area contributed by atoms with Crippen molar-refractivity contribution in [2.75, 3.05) is 50.2 Å². The lowest BCUT2D eigenvalue weighted by Crippen LogP contribution is -2.53. The van der Waals surface area contributed by atoms with Crippen LogP contribution in [0, 0.1) is 13.8 Å². The Morgan fingerprint density at radius 1 is 0.838 bits per heavy atom. The highest BCUT2D eigenvalue weighted by Gasteiger charge is 2.35. The molecule has 1 aliphatic heterocycles. The minimum Gasteiger partial charge on any atom is -0.493 e. The second-order valence-corrected chi connectivity index (χ2v) is 17.7. The molecule has 4 amide bonds. The SMILES string of the molecule is CCCOc1cc(NCCCn2cc(COCCOCCNc3cccc(C(=O)N(C=O)C4CCC(=O)NC4=O)c3C)nn2)ccc1-c1ncc(-c2ncc(-c3cccnc3)cc2/C=C/c2ccccc2)cc1C. The molecule has 8 rings (SSSR count). The number of ether oxygens (including phenoxy) is 3. The number of rotatable bonds is 25. The van der Waals surface area contributed by atoms with Gasteiger partial charge in [0.05, 0.1) is 50.6 Å². The molecular formula is C57H60N10O7. The van der Waals surface area contributed by atoms with E-state index in [4.69, 9.17) is 24.2 Å². The number of hydrogen-bond donors (Lipinski definition) is 3. The Bertz CT molecular complexity index is 3070. The maximum atomic E-state index is 13.3. The number of nitrogens with one attached hydrogen (secondary N) is 3. The van der Waals surface area contributed by atoms with Crippen molar-refractivity contribution in [3.05, 3.63) is 155 Å². The number of anilines is 2. The van der Waals surface area contributed by atoms with Gasteiger partial charge in [-0.25, -0.2) is 0 Å². The Morgan fingerprint density at radius 3 is 2.47 bits per heavy atom. The monoisotopic (exact) mass is 996 g/mol. The molecule has 1 atom stereocenters. The minimum absolute atomic E-state index is 0.0504. The van der Waals surface area contributed by atoms with E-state index in [9.17, 15) is 19.2 Å². The molecule has 0 saturated carbocycles. The molecular weight excluding hydrogens is 937 g/mol. The summed E-state index contributed by atoms with van der Waals surface area (Å²) in [6.45, 7) is 9.72. The number of pyridine rings is 3. The fourth-order valence-corrected chi connectivity index (χ4v) is 8.49. The van der Waals surface area contributed by atoms with Crippen LogP contribution >= 0.6 is 0 Å². The van der Waals surface area contributed by atoms with Gasteiger partial charge in [-0.1, -0.05) is 66.8 Å². The fourth-order valence-electron chi connectivity index (χ4n) is 8.49. The molecule has 3 aromatic carbocycles. The van der Waals surface area contributed by atoms with Crippen LogP contribution in [-0.2, 0) is 37.0 Å². The smallest absolute Gasteiger partial charge is 0.261 e. The van der Waals surface area contributed by atoms with Gasteiger partial charge >= 0.3 is 0 Å². The number of carbonyl (C=O) groups is 4. The van der Waals surface area contributed by atoms with Gasteiger partial charge in [-0.3, -0.25) is 49.0 Å². The van der Waals surface area contributed by atoms with Crippen LogP contribution in [-0.4, -0.2) is 105 Å². The molecule has 17 nitrogen and oxygen atoms in total. The molecule has 0 spiro atoms. The summed E-state index contributed by atoms with van der Waals surface area (Å²) in [6.07, 6.45) is 15.6. The van der Waals surface area contributed by atoms with Crippen molar-refractivity contribution >= 4 is 47.7 Å². The van der Waals surface area contributed by atoms with Gasteiger partial charge in [0.1, 0.15) is 17.5 Å². The lowest BCUT2D eigenvalue weighted by Gasteiger charge is -2.29. The summed E-state index contributed by atoms with van der Waals surface area (Å²) in [5, 5.41) is 17.5. The normalized spacial score (nSPS) is 13.4. The number of hydrogen-bond acceptors (Lipinski definition) is 14. The van der Waals surface area contributed by atoms with Crippen molar-refractivity contribution in [1.82, 2.24) is 40.2 Å². The molecule has 1 aliphatic rings. The fraction of sp³-hybridized carbons (Fsp3) is 0.281. The average molecular weight is 997 g/mol. The molecule has 1 saturated heterocycles. The number of aromatic nitrogens is 6. The third-order valence-electron chi connectivity index (χ3n) is 12.3. The largest absolute Gasteiger partial charge is 0.493 e. The molecule has 5 heterocycles. The van der Waals surface area contributed by atoms with Gasteiger partial charge in [0.15, 0.2) is 0 Å². The van der Waals surface area contributed by atoms with E-state index in [-0.39, 0.29) is 18.4 Å². The van der Waals surface area contributed by atoms with Gasteiger partial charge in [-0.15, -0.1) is 5.10 Å². The zero-order valence-electron chi connectivity index (χ0n) is 41.8. The maximum Gasteiger partial charge on any atom is 0.261 e. The summed E-state index contributed by atoms with van der Waals surface area (Å²) in [5.41, 5.74) is 11.8. The topological polar surface area (TPSA) is 205 Å². The number of carbonyl (C=O) groups excluding carboxylic acids is 4. The highest BCUT2D eigenvalue weighted by molar-refractivity contribution is 6.08. The number of aryl methyl sites for hydroxylation is 2. The predicted octanol–water partition coefficient (Wildman–Crippen LogP) is 8.59. The van der Waals surface area contributed by atoms with Crippen molar-refractivity contribution in [2.24, 2.45) is 0 Å². The Labute approximate surface area is 430 Å². The predicted molar refractivity (Wildman–Crippen MR) is 284 cm³/mol. The molecule has 3 N–H and O–H groups in total.